The summed E-state index contributed by atoms with van der Waals surface area (Å²) >= 11 is 1.37. The number of amides is 1. The Morgan fingerprint density at radius 3 is 2.48 bits per heavy atom. The summed E-state index contributed by atoms with van der Waals surface area (Å²) in [4.78, 5) is 17.4. The standard InChI is InChI=1S/C14H11F3N2OS/c15-8-5-7(6-9(16)12(8)17)13(20)19-14-18-10-3-1-2-4-11(10)21-14/h5-6H,1-4H2,(H,18,19,20). The maximum absolute atomic E-state index is 13.1. The van der Waals surface area contributed by atoms with Crippen LogP contribution >= 0.6 is 11.3 Å². The molecule has 0 atom stereocenters. The summed E-state index contributed by atoms with van der Waals surface area (Å²) in [6.07, 6.45) is 3.97. The fourth-order valence-corrected chi connectivity index (χ4v) is 3.31. The van der Waals surface area contributed by atoms with Crippen molar-refractivity contribution < 1.29 is 18.0 Å². The highest BCUT2D eigenvalue weighted by Gasteiger charge is 2.19. The Kier molecular flexibility index (Phi) is 3.67. The molecule has 21 heavy (non-hydrogen) atoms. The van der Waals surface area contributed by atoms with Gasteiger partial charge in [-0.1, -0.05) is 0 Å². The van der Waals surface area contributed by atoms with Gasteiger partial charge in [-0.15, -0.1) is 11.3 Å². The van der Waals surface area contributed by atoms with Crippen molar-refractivity contribution in [3.05, 3.63) is 45.7 Å². The van der Waals surface area contributed by atoms with E-state index < -0.39 is 23.4 Å². The number of hydrogen-bond donors (Lipinski definition) is 1. The Hall–Kier alpha value is -1.89. The average Bonchev–Trinajstić information content (AvgIpc) is 2.86. The van der Waals surface area contributed by atoms with E-state index in [0.29, 0.717) is 17.3 Å². The maximum atomic E-state index is 13.1. The Labute approximate surface area is 122 Å². The van der Waals surface area contributed by atoms with Crippen LogP contribution in [-0.2, 0) is 12.8 Å². The molecule has 3 nitrogen and oxygen atoms in total. The van der Waals surface area contributed by atoms with Crippen molar-refractivity contribution in [1.82, 2.24) is 4.98 Å². The van der Waals surface area contributed by atoms with Crippen LogP contribution in [-0.4, -0.2) is 10.9 Å². The van der Waals surface area contributed by atoms with Crippen LogP contribution in [0, 0.1) is 17.5 Å². The zero-order valence-corrected chi connectivity index (χ0v) is 11.7. The first-order valence-electron chi connectivity index (χ1n) is 6.49. The molecule has 0 saturated carbocycles. The Morgan fingerprint density at radius 1 is 1.14 bits per heavy atom. The molecule has 0 aliphatic heterocycles. The van der Waals surface area contributed by atoms with Crippen LogP contribution < -0.4 is 5.32 Å². The quantitative estimate of drug-likeness (QED) is 0.859. The largest absolute Gasteiger partial charge is 0.298 e. The molecule has 1 aromatic heterocycles. The molecule has 0 spiro atoms. The molecule has 1 N–H and O–H groups in total. The molecule has 3 rings (SSSR count). The third-order valence-electron chi connectivity index (χ3n) is 3.31. The number of benzene rings is 1. The molecule has 1 aliphatic carbocycles. The maximum Gasteiger partial charge on any atom is 0.257 e. The molecule has 0 radical (unpaired) electrons. The van der Waals surface area contributed by atoms with Crippen LogP contribution in [0.4, 0.5) is 18.3 Å². The number of rotatable bonds is 2. The van der Waals surface area contributed by atoms with E-state index in [1.165, 1.54) is 11.3 Å². The third-order valence-corrected chi connectivity index (χ3v) is 4.38. The minimum absolute atomic E-state index is 0.278. The second kappa shape index (κ2) is 5.48. The number of nitrogens with one attached hydrogen (secondary N) is 1. The van der Waals surface area contributed by atoms with Crippen LogP contribution in [0.3, 0.4) is 0 Å². The first-order valence-corrected chi connectivity index (χ1v) is 7.30. The Balaban J connectivity index is 1.81. The molecule has 0 fully saturated rings. The van der Waals surface area contributed by atoms with Crippen molar-refractivity contribution in [2.24, 2.45) is 0 Å². The molecule has 2 aromatic rings. The van der Waals surface area contributed by atoms with Crippen molar-refractivity contribution in [1.29, 1.82) is 0 Å². The molecular weight excluding hydrogens is 301 g/mol. The summed E-state index contributed by atoms with van der Waals surface area (Å²) < 4.78 is 39.1. The van der Waals surface area contributed by atoms with Crippen molar-refractivity contribution in [3.63, 3.8) is 0 Å². The summed E-state index contributed by atoms with van der Waals surface area (Å²) in [7, 11) is 0. The van der Waals surface area contributed by atoms with Gasteiger partial charge < -0.3 is 0 Å². The van der Waals surface area contributed by atoms with Crippen molar-refractivity contribution in [2.75, 3.05) is 5.32 Å². The lowest BCUT2D eigenvalue weighted by Crippen LogP contribution is -2.13. The number of aromatic nitrogens is 1. The average molecular weight is 312 g/mol. The molecule has 0 bridgehead atoms. The van der Waals surface area contributed by atoms with Gasteiger partial charge in [-0.25, -0.2) is 18.2 Å². The molecule has 1 heterocycles. The number of halogens is 3. The summed E-state index contributed by atoms with van der Waals surface area (Å²) in [5.41, 5.74) is 0.692. The highest BCUT2D eigenvalue weighted by atomic mass is 32.1. The van der Waals surface area contributed by atoms with E-state index in [2.05, 4.69) is 10.3 Å². The van der Waals surface area contributed by atoms with Crippen LogP contribution in [0.2, 0.25) is 0 Å². The lowest BCUT2D eigenvalue weighted by atomic mass is 10.0. The van der Waals surface area contributed by atoms with E-state index in [-0.39, 0.29) is 5.56 Å². The van der Waals surface area contributed by atoms with Crippen LogP contribution in [0.5, 0.6) is 0 Å². The first kappa shape index (κ1) is 14.1. The molecular formula is C14H11F3N2OS. The van der Waals surface area contributed by atoms with E-state index in [1.807, 2.05) is 0 Å². The summed E-state index contributed by atoms with van der Waals surface area (Å²) in [6, 6.07) is 1.34. The number of carbonyl (C=O) groups excluding carboxylic acids is 1. The monoisotopic (exact) mass is 312 g/mol. The number of carbonyl (C=O) groups is 1. The van der Waals surface area contributed by atoms with Gasteiger partial charge in [0.25, 0.3) is 5.91 Å². The highest BCUT2D eigenvalue weighted by Crippen LogP contribution is 2.29. The lowest BCUT2D eigenvalue weighted by molar-refractivity contribution is 0.102. The summed E-state index contributed by atoms with van der Waals surface area (Å²) in [5.74, 6) is -5.08. The number of hydrogen-bond acceptors (Lipinski definition) is 3. The van der Waals surface area contributed by atoms with Gasteiger partial charge in [-0.05, 0) is 37.8 Å². The second-order valence-electron chi connectivity index (χ2n) is 4.80. The minimum Gasteiger partial charge on any atom is -0.298 e. The van der Waals surface area contributed by atoms with Gasteiger partial charge in [-0.3, -0.25) is 10.1 Å². The second-order valence-corrected chi connectivity index (χ2v) is 5.89. The number of nitrogens with zero attached hydrogens (tertiary/aromatic N) is 1. The summed E-state index contributed by atoms with van der Waals surface area (Å²) in [6.45, 7) is 0. The molecule has 110 valence electrons. The van der Waals surface area contributed by atoms with Gasteiger partial charge in [0.1, 0.15) is 0 Å². The fraction of sp³-hybridized carbons (Fsp3) is 0.286. The zero-order valence-electron chi connectivity index (χ0n) is 10.9. The van der Waals surface area contributed by atoms with Crippen LogP contribution in [0.1, 0.15) is 33.8 Å². The van der Waals surface area contributed by atoms with Crippen molar-refractivity contribution in [2.45, 2.75) is 25.7 Å². The Bertz CT molecular complexity index is 668. The third kappa shape index (κ3) is 2.78. The molecule has 7 heteroatoms. The van der Waals surface area contributed by atoms with Gasteiger partial charge >= 0.3 is 0 Å². The Morgan fingerprint density at radius 2 is 1.81 bits per heavy atom. The SMILES string of the molecule is O=C(Nc1nc2c(s1)CCCC2)c1cc(F)c(F)c(F)c1. The smallest absolute Gasteiger partial charge is 0.257 e. The zero-order chi connectivity index (χ0) is 15.0. The van der Waals surface area contributed by atoms with Crippen molar-refractivity contribution in [3.8, 4) is 0 Å². The molecule has 1 aromatic carbocycles. The van der Waals surface area contributed by atoms with Crippen LogP contribution in [0.15, 0.2) is 12.1 Å². The number of fused-ring (bicyclic) bond motifs is 1. The predicted octanol–water partition coefficient (Wildman–Crippen LogP) is 3.69. The lowest BCUT2D eigenvalue weighted by Gasteiger charge is -2.06. The van der Waals surface area contributed by atoms with Gasteiger partial charge in [0.15, 0.2) is 22.6 Å². The number of anilines is 1. The first-order chi connectivity index (χ1) is 10.0. The fourth-order valence-electron chi connectivity index (χ4n) is 2.26. The number of aryl methyl sites for hydroxylation is 2. The van der Waals surface area contributed by atoms with E-state index in [0.717, 1.165) is 36.3 Å². The topological polar surface area (TPSA) is 42.0 Å². The predicted molar refractivity (Wildman–Crippen MR) is 73.0 cm³/mol. The van der Waals surface area contributed by atoms with Gasteiger partial charge in [0.05, 0.1) is 5.69 Å². The normalized spacial score (nSPS) is 13.9. The summed E-state index contributed by atoms with van der Waals surface area (Å²) in [5, 5.41) is 2.90. The van der Waals surface area contributed by atoms with Gasteiger partial charge in [0.2, 0.25) is 0 Å². The van der Waals surface area contributed by atoms with Gasteiger partial charge in [-0.2, -0.15) is 0 Å². The number of thiazole rings is 1. The molecule has 1 aliphatic rings. The van der Waals surface area contributed by atoms with Gasteiger partial charge in [0, 0.05) is 10.4 Å². The van der Waals surface area contributed by atoms with E-state index in [1.54, 1.807) is 0 Å². The molecule has 0 saturated heterocycles. The van der Waals surface area contributed by atoms with Crippen molar-refractivity contribution >= 4 is 22.4 Å². The molecule has 0 unspecified atom stereocenters. The molecule has 1 amide bonds. The van der Waals surface area contributed by atoms with Crippen LogP contribution in [0.25, 0.3) is 0 Å². The van der Waals surface area contributed by atoms with E-state index in [9.17, 15) is 18.0 Å². The van der Waals surface area contributed by atoms with E-state index in [4.69, 9.17) is 0 Å². The minimum atomic E-state index is -1.59. The highest BCUT2D eigenvalue weighted by molar-refractivity contribution is 7.15. The van der Waals surface area contributed by atoms with E-state index >= 15 is 0 Å².